The number of piperidine rings is 1. The van der Waals surface area contributed by atoms with E-state index in [2.05, 4.69) is 5.32 Å². The first-order valence-electron chi connectivity index (χ1n) is 8.52. The molecule has 0 aromatic heterocycles. The van der Waals surface area contributed by atoms with Gasteiger partial charge in [-0.05, 0) is 32.2 Å². The highest BCUT2D eigenvalue weighted by atomic mass is 32.2. The molecule has 1 amide bonds. The van der Waals surface area contributed by atoms with E-state index in [-0.39, 0.29) is 17.6 Å². The number of carbonyl (C=O) groups is 1. The quantitative estimate of drug-likeness (QED) is 0.803. The summed E-state index contributed by atoms with van der Waals surface area (Å²) in [6.45, 7) is 6.40. The summed E-state index contributed by atoms with van der Waals surface area (Å²) in [4.78, 5) is 14.5. The molecule has 2 aliphatic heterocycles. The van der Waals surface area contributed by atoms with Gasteiger partial charge in [-0.3, -0.25) is 4.79 Å². The molecule has 0 spiro atoms. The second-order valence-corrected chi connectivity index (χ2v) is 8.36. The van der Waals surface area contributed by atoms with Gasteiger partial charge in [0.15, 0.2) is 0 Å². The fraction of sp³-hybridized carbons (Fsp3) is 0.933. The average molecular weight is 331 g/mol. The molecule has 0 saturated carbocycles. The fourth-order valence-corrected chi connectivity index (χ4v) is 4.84. The summed E-state index contributed by atoms with van der Waals surface area (Å²) in [5.74, 6) is 0.449. The van der Waals surface area contributed by atoms with Crippen molar-refractivity contribution in [2.75, 3.05) is 45.0 Å². The van der Waals surface area contributed by atoms with Crippen LogP contribution >= 0.6 is 0 Å². The lowest BCUT2D eigenvalue weighted by Crippen LogP contribution is -2.45. The van der Waals surface area contributed by atoms with E-state index in [0.29, 0.717) is 32.4 Å². The molecule has 22 heavy (non-hydrogen) atoms. The van der Waals surface area contributed by atoms with E-state index in [9.17, 15) is 13.2 Å². The maximum Gasteiger partial charge on any atom is 0.225 e. The van der Waals surface area contributed by atoms with Crippen molar-refractivity contribution in [3.63, 3.8) is 0 Å². The van der Waals surface area contributed by atoms with Crippen LogP contribution in [0.2, 0.25) is 0 Å². The van der Waals surface area contributed by atoms with Gasteiger partial charge in [-0.25, -0.2) is 12.7 Å². The lowest BCUT2D eigenvalue weighted by atomic mass is 9.96. The molecule has 7 heteroatoms. The van der Waals surface area contributed by atoms with Crippen molar-refractivity contribution in [2.24, 2.45) is 5.92 Å². The Labute approximate surface area is 134 Å². The Kier molecular flexibility index (Phi) is 6.65. The minimum Gasteiger partial charge on any atom is -0.341 e. The molecule has 1 N–H and O–H groups in total. The summed E-state index contributed by atoms with van der Waals surface area (Å²) in [5, 5.41) is 3.30. The van der Waals surface area contributed by atoms with Crippen LogP contribution in [0.4, 0.5) is 0 Å². The summed E-state index contributed by atoms with van der Waals surface area (Å²) in [5.41, 5.74) is 0. The predicted octanol–water partition coefficient (Wildman–Crippen LogP) is 0.650. The summed E-state index contributed by atoms with van der Waals surface area (Å²) in [7, 11) is -3.13. The van der Waals surface area contributed by atoms with Gasteiger partial charge in [-0.1, -0.05) is 13.3 Å². The number of unbranched alkanes of at least 4 members (excludes halogenated alkanes) is 1. The van der Waals surface area contributed by atoms with Crippen molar-refractivity contribution in [2.45, 2.75) is 39.0 Å². The van der Waals surface area contributed by atoms with Crippen LogP contribution < -0.4 is 5.32 Å². The number of amides is 1. The number of rotatable bonds is 5. The third-order valence-electron chi connectivity index (χ3n) is 4.60. The van der Waals surface area contributed by atoms with E-state index >= 15 is 0 Å². The van der Waals surface area contributed by atoms with Gasteiger partial charge in [0.25, 0.3) is 0 Å². The average Bonchev–Trinajstić information content (AvgIpc) is 2.81. The fourth-order valence-electron chi connectivity index (χ4n) is 3.16. The van der Waals surface area contributed by atoms with E-state index in [0.717, 1.165) is 39.0 Å². The maximum atomic E-state index is 12.6. The van der Waals surface area contributed by atoms with Crippen molar-refractivity contribution in [1.82, 2.24) is 14.5 Å². The molecule has 0 aromatic rings. The standard InChI is InChI=1S/C15H29N3O3S/c1-2-3-13-22(20,21)18-10-5-14(6-11-18)15(19)17-9-4-7-16-8-12-17/h14,16H,2-13H2,1H3. The second kappa shape index (κ2) is 8.26. The second-order valence-electron chi connectivity index (χ2n) is 6.27. The minimum atomic E-state index is -3.13. The van der Waals surface area contributed by atoms with Gasteiger partial charge in [0, 0.05) is 38.6 Å². The van der Waals surface area contributed by atoms with Crippen LogP contribution in [0.25, 0.3) is 0 Å². The molecule has 6 nitrogen and oxygen atoms in total. The minimum absolute atomic E-state index is 0.00396. The van der Waals surface area contributed by atoms with Crippen molar-refractivity contribution in [1.29, 1.82) is 0 Å². The van der Waals surface area contributed by atoms with Gasteiger partial charge in [0.2, 0.25) is 15.9 Å². The molecule has 128 valence electrons. The highest BCUT2D eigenvalue weighted by Crippen LogP contribution is 2.22. The Morgan fingerprint density at radius 2 is 1.86 bits per heavy atom. The van der Waals surface area contributed by atoms with Crippen LogP contribution in [0.1, 0.15) is 39.0 Å². The van der Waals surface area contributed by atoms with Crippen LogP contribution in [0, 0.1) is 5.92 Å². The van der Waals surface area contributed by atoms with E-state index in [1.165, 1.54) is 0 Å². The Hall–Kier alpha value is -0.660. The van der Waals surface area contributed by atoms with Crippen LogP contribution in [0.3, 0.4) is 0 Å². The number of sulfonamides is 1. The maximum absolute atomic E-state index is 12.6. The zero-order valence-corrected chi connectivity index (χ0v) is 14.4. The topological polar surface area (TPSA) is 69.7 Å². The molecule has 0 atom stereocenters. The number of hydrogen-bond donors (Lipinski definition) is 1. The van der Waals surface area contributed by atoms with Gasteiger partial charge >= 0.3 is 0 Å². The monoisotopic (exact) mass is 331 g/mol. The van der Waals surface area contributed by atoms with Gasteiger partial charge in [0.05, 0.1) is 5.75 Å². The van der Waals surface area contributed by atoms with Gasteiger partial charge in [0.1, 0.15) is 0 Å². The van der Waals surface area contributed by atoms with E-state index < -0.39 is 10.0 Å². The first-order valence-corrected chi connectivity index (χ1v) is 10.1. The summed E-state index contributed by atoms with van der Waals surface area (Å²) < 4.78 is 26.0. The zero-order chi connectivity index (χ0) is 16.0. The SMILES string of the molecule is CCCCS(=O)(=O)N1CCC(C(=O)N2CCCNCC2)CC1. The molecule has 0 radical (unpaired) electrons. The predicted molar refractivity (Wildman–Crippen MR) is 87.1 cm³/mol. The van der Waals surface area contributed by atoms with Crippen LogP contribution in [-0.4, -0.2) is 68.6 Å². The molecule has 0 bridgehead atoms. The van der Waals surface area contributed by atoms with Crippen LogP contribution in [-0.2, 0) is 14.8 Å². The third kappa shape index (κ3) is 4.67. The van der Waals surface area contributed by atoms with Crippen molar-refractivity contribution < 1.29 is 13.2 Å². The van der Waals surface area contributed by atoms with Crippen molar-refractivity contribution in [3.05, 3.63) is 0 Å². The smallest absolute Gasteiger partial charge is 0.225 e. The Morgan fingerprint density at radius 1 is 1.14 bits per heavy atom. The van der Waals surface area contributed by atoms with Crippen molar-refractivity contribution in [3.8, 4) is 0 Å². The molecule has 2 aliphatic rings. The van der Waals surface area contributed by atoms with Crippen molar-refractivity contribution >= 4 is 15.9 Å². The lowest BCUT2D eigenvalue weighted by molar-refractivity contribution is -0.136. The zero-order valence-electron chi connectivity index (χ0n) is 13.6. The summed E-state index contributed by atoms with van der Waals surface area (Å²) >= 11 is 0. The van der Waals surface area contributed by atoms with Gasteiger partial charge in [-0.2, -0.15) is 0 Å². The Bertz CT molecular complexity index is 451. The summed E-state index contributed by atoms with van der Waals surface area (Å²) in [6.07, 6.45) is 3.91. The molecule has 2 rings (SSSR count). The third-order valence-corrected chi connectivity index (χ3v) is 6.56. The number of carbonyl (C=O) groups excluding carboxylic acids is 1. The molecule has 0 aliphatic carbocycles. The lowest BCUT2D eigenvalue weighted by Gasteiger charge is -2.33. The first-order chi connectivity index (χ1) is 10.5. The first kappa shape index (κ1) is 17.7. The van der Waals surface area contributed by atoms with Crippen LogP contribution in [0.5, 0.6) is 0 Å². The highest BCUT2D eigenvalue weighted by Gasteiger charge is 2.32. The Balaban J connectivity index is 1.84. The van der Waals surface area contributed by atoms with Gasteiger partial charge in [-0.15, -0.1) is 0 Å². The molecular formula is C15H29N3O3S. The Morgan fingerprint density at radius 3 is 2.55 bits per heavy atom. The van der Waals surface area contributed by atoms with Crippen LogP contribution in [0.15, 0.2) is 0 Å². The molecule has 0 aromatic carbocycles. The van der Waals surface area contributed by atoms with Gasteiger partial charge < -0.3 is 10.2 Å². The molecular weight excluding hydrogens is 302 g/mol. The van der Waals surface area contributed by atoms with E-state index in [4.69, 9.17) is 0 Å². The molecule has 2 fully saturated rings. The molecule has 2 heterocycles. The molecule has 0 unspecified atom stereocenters. The molecule has 2 saturated heterocycles. The largest absolute Gasteiger partial charge is 0.341 e. The normalized spacial score (nSPS) is 22.5. The highest BCUT2D eigenvalue weighted by molar-refractivity contribution is 7.89. The summed E-state index contributed by atoms with van der Waals surface area (Å²) in [6, 6.07) is 0. The number of hydrogen-bond acceptors (Lipinski definition) is 4. The van der Waals surface area contributed by atoms with E-state index in [1.807, 2.05) is 11.8 Å². The number of nitrogens with zero attached hydrogens (tertiary/aromatic N) is 2. The van der Waals surface area contributed by atoms with E-state index in [1.54, 1.807) is 4.31 Å². The number of nitrogens with one attached hydrogen (secondary N) is 1.